The molecule has 20 heavy (non-hydrogen) atoms. The Morgan fingerprint density at radius 2 is 2.15 bits per heavy atom. The van der Waals surface area contributed by atoms with Crippen LogP contribution in [0.1, 0.15) is 52.2 Å². The Balaban J connectivity index is 1.69. The maximum Gasteiger partial charge on any atom is 0.117 e. The van der Waals surface area contributed by atoms with Crippen molar-refractivity contribution in [2.45, 2.75) is 65.1 Å². The number of nitrogens with zero attached hydrogens (tertiary/aromatic N) is 1. The Kier molecular flexibility index (Phi) is 6.11. The van der Waals surface area contributed by atoms with E-state index in [-0.39, 0.29) is 0 Å². The van der Waals surface area contributed by atoms with Gasteiger partial charge in [0.2, 0.25) is 0 Å². The average Bonchev–Trinajstić information content (AvgIpc) is 3.12. The van der Waals surface area contributed by atoms with Crippen molar-refractivity contribution in [3.05, 3.63) is 24.2 Å². The molecule has 3 nitrogen and oxygen atoms in total. The fourth-order valence-electron chi connectivity index (χ4n) is 2.71. The quantitative estimate of drug-likeness (QED) is 0.662. The SMILES string of the molecule is CC(C)CNCCCC(C)N(Cc1ccco1)C1CC1. The van der Waals surface area contributed by atoms with Crippen LogP contribution in [0.15, 0.2) is 22.8 Å². The highest BCUT2D eigenvalue weighted by atomic mass is 16.3. The summed E-state index contributed by atoms with van der Waals surface area (Å²) in [5.74, 6) is 1.84. The normalized spacial score (nSPS) is 17.1. The minimum absolute atomic E-state index is 0.647. The molecule has 1 aliphatic carbocycles. The molecule has 1 aromatic rings. The monoisotopic (exact) mass is 278 g/mol. The van der Waals surface area contributed by atoms with Gasteiger partial charge in [-0.2, -0.15) is 0 Å². The average molecular weight is 278 g/mol. The van der Waals surface area contributed by atoms with Gasteiger partial charge in [-0.3, -0.25) is 4.90 Å². The van der Waals surface area contributed by atoms with E-state index in [0.717, 1.165) is 37.4 Å². The third kappa shape index (κ3) is 5.29. The van der Waals surface area contributed by atoms with Crippen LogP contribution in [0.3, 0.4) is 0 Å². The summed E-state index contributed by atoms with van der Waals surface area (Å²) >= 11 is 0. The van der Waals surface area contributed by atoms with Gasteiger partial charge in [0.25, 0.3) is 0 Å². The van der Waals surface area contributed by atoms with E-state index in [1.165, 1.54) is 25.7 Å². The van der Waals surface area contributed by atoms with Gasteiger partial charge in [-0.15, -0.1) is 0 Å². The highest BCUT2D eigenvalue weighted by molar-refractivity contribution is 5.00. The summed E-state index contributed by atoms with van der Waals surface area (Å²) in [6.45, 7) is 10.1. The van der Waals surface area contributed by atoms with Crippen molar-refractivity contribution in [3.63, 3.8) is 0 Å². The summed E-state index contributed by atoms with van der Waals surface area (Å²) in [6, 6.07) is 5.51. The largest absolute Gasteiger partial charge is 0.468 e. The van der Waals surface area contributed by atoms with E-state index in [9.17, 15) is 0 Å². The van der Waals surface area contributed by atoms with Crippen molar-refractivity contribution < 1.29 is 4.42 Å². The summed E-state index contributed by atoms with van der Waals surface area (Å²) in [4.78, 5) is 2.63. The van der Waals surface area contributed by atoms with E-state index < -0.39 is 0 Å². The topological polar surface area (TPSA) is 28.4 Å². The lowest BCUT2D eigenvalue weighted by Gasteiger charge is -2.28. The minimum atomic E-state index is 0.647. The molecule has 1 atom stereocenters. The van der Waals surface area contributed by atoms with Gasteiger partial charge in [0.15, 0.2) is 0 Å². The molecule has 0 radical (unpaired) electrons. The van der Waals surface area contributed by atoms with Gasteiger partial charge in [-0.25, -0.2) is 0 Å². The molecule has 0 aliphatic heterocycles. The van der Waals surface area contributed by atoms with Gasteiger partial charge < -0.3 is 9.73 Å². The molecule has 0 aromatic carbocycles. The summed E-state index contributed by atoms with van der Waals surface area (Å²) in [6.07, 6.45) is 7.02. The van der Waals surface area contributed by atoms with Crippen molar-refractivity contribution in [1.82, 2.24) is 10.2 Å². The molecule has 1 saturated carbocycles. The van der Waals surface area contributed by atoms with Crippen LogP contribution in [-0.4, -0.2) is 30.1 Å². The maximum absolute atomic E-state index is 5.51. The third-order valence-electron chi connectivity index (χ3n) is 4.03. The lowest BCUT2D eigenvalue weighted by Crippen LogP contribution is -2.35. The fraction of sp³-hybridized carbons (Fsp3) is 0.765. The molecule has 1 aromatic heterocycles. The lowest BCUT2D eigenvalue weighted by molar-refractivity contribution is 0.165. The first-order valence-electron chi connectivity index (χ1n) is 8.15. The Morgan fingerprint density at radius 3 is 2.75 bits per heavy atom. The number of furan rings is 1. The number of nitrogens with one attached hydrogen (secondary N) is 1. The van der Waals surface area contributed by atoms with Crippen LogP contribution in [0, 0.1) is 5.92 Å². The van der Waals surface area contributed by atoms with E-state index in [2.05, 4.69) is 37.1 Å². The molecule has 0 amide bonds. The van der Waals surface area contributed by atoms with Crippen molar-refractivity contribution in [3.8, 4) is 0 Å². The molecule has 0 spiro atoms. The zero-order chi connectivity index (χ0) is 14.4. The molecule has 1 unspecified atom stereocenters. The predicted molar refractivity (Wildman–Crippen MR) is 83.7 cm³/mol. The Hall–Kier alpha value is -0.800. The van der Waals surface area contributed by atoms with Crippen molar-refractivity contribution >= 4 is 0 Å². The van der Waals surface area contributed by atoms with E-state index in [1.54, 1.807) is 6.26 Å². The molecular weight excluding hydrogens is 248 g/mol. The first kappa shape index (κ1) is 15.6. The van der Waals surface area contributed by atoms with Crippen LogP contribution < -0.4 is 5.32 Å². The molecule has 2 rings (SSSR count). The molecule has 3 heteroatoms. The van der Waals surface area contributed by atoms with Crippen molar-refractivity contribution in [2.24, 2.45) is 5.92 Å². The fourth-order valence-corrected chi connectivity index (χ4v) is 2.71. The Bertz CT molecular complexity index is 357. The first-order valence-corrected chi connectivity index (χ1v) is 8.15. The molecule has 1 fully saturated rings. The molecule has 1 aliphatic rings. The summed E-state index contributed by atoms with van der Waals surface area (Å²) in [7, 11) is 0. The van der Waals surface area contributed by atoms with Crippen LogP contribution in [0.5, 0.6) is 0 Å². The van der Waals surface area contributed by atoms with Crippen LogP contribution in [0.25, 0.3) is 0 Å². The van der Waals surface area contributed by atoms with Gasteiger partial charge in [0.05, 0.1) is 12.8 Å². The standard InChI is InChI=1S/C17H30N2O/c1-14(2)12-18-10-4-6-15(3)19(16-8-9-16)13-17-7-5-11-20-17/h5,7,11,14-16,18H,4,6,8-10,12-13H2,1-3H3. The number of rotatable bonds is 10. The van der Waals surface area contributed by atoms with Gasteiger partial charge in [-0.05, 0) is 63.7 Å². The van der Waals surface area contributed by atoms with E-state index in [1.807, 2.05) is 6.07 Å². The zero-order valence-corrected chi connectivity index (χ0v) is 13.3. The van der Waals surface area contributed by atoms with Crippen LogP contribution in [0.2, 0.25) is 0 Å². The molecule has 0 saturated heterocycles. The van der Waals surface area contributed by atoms with E-state index in [4.69, 9.17) is 4.42 Å². The number of hydrogen-bond acceptors (Lipinski definition) is 3. The van der Waals surface area contributed by atoms with Crippen molar-refractivity contribution in [1.29, 1.82) is 0 Å². The second kappa shape index (κ2) is 7.84. The lowest BCUT2D eigenvalue weighted by atomic mass is 10.1. The summed E-state index contributed by atoms with van der Waals surface area (Å²) in [5, 5.41) is 3.53. The highest BCUT2D eigenvalue weighted by Crippen LogP contribution is 2.31. The molecule has 1 N–H and O–H groups in total. The van der Waals surface area contributed by atoms with Gasteiger partial charge in [0.1, 0.15) is 5.76 Å². The van der Waals surface area contributed by atoms with Gasteiger partial charge in [-0.1, -0.05) is 13.8 Å². The van der Waals surface area contributed by atoms with E-state index >= 15 is 0 Å². The first-order chi connectivity index (χ1) is 9.66. The van der Waals surface area contributed by atoms with Crippen molar-refractivity contribution in [2.75, 3.05) is 13.1 Å². The summed E-state index contributed by atoms with van der Waals surface area (Å²) < 4.78 is 5.51. The third-order valence-corrected chi connectivity index (χ3v) is 4.03. The zero-order valence-electron chi connectivity index (χ0n) is 13.3. The minimum Gasteiger partial charge on any atom is -0.468 e. The molecule has 0 bridgehead atoms. The molecule has 1 heterocycles. The Morgan fingerprint density at radius 1 is 1.35 bits per heavy atom. The van der Waals surface area contributed by atoms with Crippen LogP contribution in [-0.2, 0) is 6.54 Å². The van der Waals surface area contributed by atoms with Gasteiger partial charge >= 0.3 is 0 Å². The Labute approximate surface area is 123 Å². The predicted octanol–water partition coefficient (Wildman–Crippen LogP) is 3.66. The number of hydrogen-bond donors (Lipinski definition) is 1. The second-order valence-electron chi connectivity index (χ2n) is 6.57. The van der Waals surface area contributed by atoms with E-state index in [0.29, 0.717) is 6.04 Å². The van der Waals surface area contributed by atoms with Crippen LogP contribution in [0.4, 0.5) is 0 Å². The maximum atomic E-state index is 5.51. The molecule has 114 valence electrons. The highest BCUT2D eigenvalue weighted by Gasteiger charge is 2.32. The van der Waals surface area contributed by atoms with Gasteiger partial charge in [0, 0.05) is 12.1 Å². The summed E-state index contributed by atoms with van der Waals surface area (Å²) in [5.41, 5.74) is 0. The smallest absolute Gasteiger partial charge is 0.117 e. The second-order valence-corrected chi connectivity index (χ2v) is 6.57. The van der Waals surface area contributed by atoms with Crippen LogP contribution >= 0.6 is 0 Å². The molecular formula is C17H30N2O.